The first-order valence-electron chi connectivity index (χ1n) is 8.99. The number of rotatable bonds is 1. The fraction of sp³-hybridized carbons (Fsp3) is 0.632. The van der Waals surface area contributed by atoms with Gasteiger partial charge in [0.2, 0.25) is 0 Å². The molecule has 23 heavy (non-hydrogen) atoms. The third-order valence-electron chi connectivity index (χ3n) is 5.89. The van der Waals surface area contributed by atoms with Gasteiger partial charge < -0.3 is 9.47 Å². The van der Waals surface area contributed by atoms with Crippen LogP contribution in [0.1, 0.15) is 67.3 Å². The smallest absolute Gasteiger partial charge is 0.170 e. The molecule has 2 heterocycles. The van der Waals surface area contributed by atoms with E-state index in [1.807, 2.05) is 12.1 Å². The minimum absolute atomic E-state index is 0.250. The SMILES string of the molecule is O=C1CC2(CCCCC2)Oc2c1ccc1c2CN(C2CC2)CO1. The Bertz CT molecular complexity index is 659. The number of benzene rings is 1. The van der Waals surface area contributed by atoms with Crippen molar-refractivity contribution in [3.8, 4) is 11.5 Å². The van der Waals surface area contributed by atoms with E-state index in [4.69, 9.17) is 9.47 Å². The average Bonchev–Trinajstić information content (AvgIpc) is 3.40. The molecule has 4 nitrogen and oxygen atoms in total. The highest BCUT2D eigenvalue weighted by Crippen LogP contribution is 2.47. The summed E-state index contributed by atoms with van der Waals surface area (Å²) in [5, 5.41) is 0. The van der Waals surface area contributed by atoms with E-state index in [2.05, 4.69) is 4.90 Å². The van der Waals surface area contributed by atoms with Gasteiger partial charge in [-0.05, 0) is 50.7 Å². The maximum absolute atomic E-state index is 12.7. The Labute approximate surface area is 136 Å². The first-order chi connectivity index (χ1) is 11.2. The summed E-state index contributed by atoms with van der Waals surface area (Å²) in [6.45, 7) is 1.52. The Kier molecular flexibility index (Phi) is 2.99. The molecular formula is C19H23NO3. The fourth-order valence-corrected chi connectivity index (χ4v) is 4.42. The van der Waals surface area contributed by atoms with Crippen LogP contribution in [-0.4, -0.2) is 29.1 Å². The summed E-state index contributed by atoms with van der Waals surface area (Å²) in [7, 11) is 0. The molecule has 122 valence electrons. The van der Waals surface area contributed by atoms with Crippen molar-refractivity contribution in [3.63, 3.8) is 0 Å². The maximum atomic E-state index is 12.7. The summed E-state index contributed by atoms with van der Waals surface area (Å²) in [6, 6.07) is 4.51. The first kappa shape index (κ1) is 13.8. The van der Waals surface area contributed by atoms with Gasteiger partial charge >= 0.3 is 0 Å². The van der Waals surface area contributed by atoms with Crippen LogP contribution in [-0.2, 0) is 6.54 Å². The molecule has 2 aliphatic heterocycles. The molecule has 1 aromatic rings. The number of ether oxygens (including phenoxy) is 2. The molecule has 0 radical (unpaired) electrons. The van der Waals surface area contributed by atoms with Gasteiger partial charge in [0.25, 0.3) is 0 Å². The van der Waals surface area contributed by atoms with Gasteiger partial charge in [-0.15, -0.1) is 0 Å². The summed E-state index contributed by atoms with van der Waals surface area (Å²) >= 11 is 0. The van der Waals surface area contributed by atoms with Gasteiger partial charge in [-0.25, -0.2) is 0 Å². The summed E-state index contributed by atoms with van der Waals surface area (Å²) < 4.78 is 12.5. The minimum Gasteiger partial charge on any atom is -0.486 e. The number of hydrogen-bond acceptors (Lipinski definition) is 4. The molecule has 1 spiro atoms. The molecule has 2 saturated carbocycles. The zero-order chi connectivity index (χ0) is 15.4. The van der Waals surface area contributed by atoms with Crippen LogP contribution in [0.4, 0.5) is 0 Å². The van der Waals surface area contributed by atoms with Crippen LogP contribution in [0, 0.1) is 0 Å². The second kappa shape index (κ2) is 4.97. The van der Waals surface area contributed by atoms with Crippen LogP contribution in [0.25, 0.3) is 0 Å². The number of Topliss-reactive ketones (excluding diaryl/α,β-unsaturated/α-hetero) is 1. The van der Waals surface area contributed by atoms with Crippen molar-refractivity contribution in [1.82, 2.24) is 4.90 Å². The largest absolute Gasteiger partial charge is 0.486 e. The second-order valence-electron chi connectivity index (χ2n) is 7.62. The number of carbonyl (C=O) groups excluding carboxylic acids is 1. The van der Waals surface area contributed by atoms with Crippen molar-refractivity contribution in [3.05, 3.63) is 23.3 Å². The lowest BCUT2D eigenvalue weighted by molar-refractivity contribution is 0.00937. The average molecular weight is 313 g/mol. The van der Waals surface area contributed by atoms with Gasteiger partial charge in [0.15, 0.2) is 5.78 Å². The van der Waals surface area contributed by atoms with Crippen LogP contribution in [0.3, 0.4) is 0 Å². The molecule has 0 unspecified atom stereocenters. The third-order valence-corrected chi connectivity index (χ3v) is 5.89. The maximum Gasteiger partial charge on any atom is 0.170 e. The van der Waals surface area contributed by atoms with Crippen molar-refractivity contribution in [2.75, 3.05) is 6.73 Å². The summed E-state index contributed by atoms with van der Waals surface area (Å²) in [5.74, 6) is 1.98. The number of nitrogens with zero attached hydrogens (tertiary/aromatic N) is 1. The standard InChI is InChI=1S/C19H23NO3/c21-16-10-19(8-2-1-3-9-19)23-18-14(16)6-7-17-15(18)11-20(12-22-17)13-4-5-13/h6-7,13H,1-5,8-12H2. The van der Waals surface area contributed by atoms with Gasteiger partial charge in [0.1, 0.15) is 23.8 Å². The molecule has 5 rings (SSSR count). The molecule has 0 N–H and O–H groups in total. The van der Waals surface area contributed by atoms with Crippen LogP contribution in [0.5, 0.6) is 11.5 Å². The van der Waals surface area contributed by atoms with E-state index >= 15 is 0 Å². The number of carbonyl (C=O) groups is 1. The lowest BCUT2D eigenvalue weighted by Gasteiger charge is -2.42. The van der Waals surface area contributed by atoms with Crippen LogP contribution in [0.15, 0.2) is 12.1 Å². The van der Waals surface area contributed by atoms with E-state index in [0.29, 0.717) is 19.2 Å². The Hall–Kier alpha value is -1.55. The predicted octanol–water partition coefficient (Wildman–Crippen LogP) is 3.67. The van der Waals surface area contributed by atoms with Gasteiger partial charge in [-0.1, -0.05) is 6.42 Å². The van der Waals surface area contributed by atoms with Crippen molar-refractivity contribution in [2.45, 2.75) is 69.6 Å². The highest BCUT2D eigenvalue weighted by molar-refractivity contribution is 6.01. The van der Waals surface area contributed by atoms with E-state index in [-0.39, 0.29) is 11.4 Å². The van der Waals surface area contributed by atoms with Crippen molar-refractivity contribution in [2.24, 2.45) is 0 Å². The van der Waals surface area contributed by atoms with Crippen molar-refractivity contribution < 1.29 is 14.3 Å². The Balaban J connectivity index is 1.55. The molecule has 4 aliphatic rings. The Morgan fingerprint density at radius 1 is 1.13 bits per heavy atom. The number of hydrogen-bond donors (Lipinski definition) is 0. The van der Waals surface area contributed by atoms with Crippen LogP contribution in [0.2, 0.25) is 0 Å². The fourth-order valence-electron chi connectivity index (χ4n) is 4.42. The van der Waals surface area contributed by atoms with E-state index in [1.54, 1.807) is 0 Å². The van der Waals surface area contributed by atoms with Crippen molar-refractivity contribution in [1.29, 1.82) is 0 Å². The van der Waals surface area contributed by atoms with E-state index in [9.17, 15) is 4.79 Å². The molecular weight excluding hydrogens is 290 g/mol. The highest BCUT2D eigenvalue weighted by atomic mass is 16.5. The first-order valence-corrected chi connectivity index (χ1v) is 8.99. The normalized spacial score (nSPS) is 26.2. The summed E-state index contributed by atoms with van der Waals surface area (Å²) in [6.07, 6.45) is 8.69. The Morgan fingerprint density at radius 3 is 2.74 bits per heavy atom. The molecule has 2 aliphatic carbocycles. The van der Waals surface area contributed by atoms with Gasteiger partial charge in [-0.2, -0.15) is 0 Å². The molecule has 2 fully saturated rings. The quantitative estimate of drug-likeness (QED) is 0.793. The molecule has 0 atom stereocenters. The molecule has 0 aromatic heterocycles. The second-order valence-corrected chi connectivity index (χ2v) is 7.62. The van der Waals surface area contributed by atoms with Crippen LogP contribution >= 0.6 is 0 Å². The third kappa shape index (κ3) is 2.26. The van der Waals surface area contributed by atoms with Gasteiger partial charge in [-0.3, -0.25) is 9.69 Å². The lowest BCUT2D eigenvalue weighted by atomic mass is 9.78. The molecule has 0 saturated heterocycles. The molecule has 0 amide bonds. The molecule has 0 bridgehead atoms. The topological polar surface area (TPSA) is 38.8 Å². The minimum atomic E-state index is -0.251. The Morgan fingerprint density at radius 2 is 1.96 bits per heavy atom. The van der Waals surface area contributed by atoms with E-state index in [0.717, 1.165) is 42.0 Å². The monoisotopic (exact) mass is 313 g/mol. The summed E-state index contributed by atoms with van der Waals surface area (Å²) in [5.41, 5.74) is 1.61. The predicted molar refractivity (Wildman–Crippen MR) is 85.9 cm³/mol. The lowest BCUT2D eigenvalue weighted by Crippen LogP contribution is -2.44. The number of fused-ring (bicyclic) bond motifs is 3. The highest BCUT2D eigenvalue weighted by Gasteiger charge is 2.43. The molecule has 4 heteroatoms. The zero-order valence-electron chi connectivity index (χ0n) is 13.5. The number of ketones is 1. The van der Waals surface area contributed by atoms with Gasteiger partial charge in [0.05, 0.1) is 17.5 Å². The van der Waals surface area contributed by atoms with E-state index in [1.165, 1.54) is 32.1 Å². The van der Waals surface area contributed by atoms with Gasteiger partial charge in [0, 0.05) is 12.6 Å². The van der Waals surface area contributed by atoms with Crippen molar-refractivity contribution >= 4 is 5.78 Å². The zero-order valence-corrected chi connectivity index (χ0v) is 13.5. The van der Waals surface area contributed by atoms with E-state index < -0.39 is 0 Å². The van der Waals surface area contributed by atoms with Crippen LogP contribution < -0.4 is 9.47 Å². The molecule has 1 aromatic carbocycles. The summed E-state index contributed by atoms with van der Waals surface area (Å²) in [4.78, 5) is 15.1.